The summed E-state index contributed by atoms with van der Waals surface area (Å²) in [6, 6.07) is 3.78. The molecular weight excluding hydrogens is 182 g/mol. The van der Waals surface area contributed by atoms with Crippen molar-refractivity contribution >= 4 is 5.91 Å². The van der Waals surface area contributed by atoms with Gasteiger partial charge in [0, 0.05) is 19.6 Å². The van der Waals surface area contributed by atoms with Gasteiger partial charge in [-0.05, 0) is 19.1 Å². The third kappa shape index (κ3) is 3.62. The molecule has 0 saturated carbocycles. The van der Waals surface area contributed by atoms with E-state index in [0.717, 1.165) is 5.76 Å². The van der Waals surface area contributed by atoms with Crippen LogP contribution in [-0.2, 0) is 16.0 Å². The number of carbonyl (C=O) groups excluding carboxylic acids is 1. The maximum Gasteiger partial charge on any atom is 0.246 e. The highest BCUT2D eigenvalue weighted by atomic mass is 16.5. The number of hydrogen-bond acceptors (Lipinski definition) is 3. The Kier molecular flexibility index (Phi) is 4.19. The number of furan rings is 1. The predicted octanol–water partition coefficient (Wildman–Crippen LogP) is 0.973. The monoisotopic (exact) mass is 197 g/mol. The molecule has 0 bridgehead atoms. The molecule has 1 aromatic rings. The van der Waals surface area contributed by atoms with Crippen LogP contribution in [0, 0.1) is 0 Å². The second-order valence-corrected chi connectivity index (χ2v) is 3.19. The topological polar surface area (TPSA) is 51.5 Å². The van der Waals surface area contributed by atoms with Gasteiger partial charge in [-0.15, -0.1) is 0 Å². The van der Waals surface area contributed by atoms with E-state index >= 15 is 0 Å². The van der Waals surface area contributed by atoms with Crippen LogP contribution in [0.2, 0.25) is 0 Å². The number of nitrogens with one attached hydrogen (secondary N) is 1. The highest BCUT2D eigenvalue weighted by molar-refractivity contribution is 5.77. The van der Waals surface area contributed by atoms with Gasteiger partial charge in [-0.3, -0.25) is 4.79 Å². The van der Waals surface area contributed by atoms with Crippen LogP contribution >= 0.6 is 0 Å². The number of hydrogen-bond donors (Lipinski definition) is 1. The fourth-order valence-electron chi connectivity index (χ4n) is 1.23. The van der Waals surface area contributed by atoms with Crippen molar-refractivity contribution in [3.63, 3.8) is 0 Å². The van der Waals surface area contributed by atoms with E-state index < -0.39 is 0 Å². The van der Waals surface area contributed by atoms with E-state index in [1.54, 1.807) is 6.26 Å². The lowest BCUT2D eigenvalue weighted by atomic mass is 10.2. The minimum Gasteiger partial charge on any atom is -0.469 e. The van der Waals surface area contributed by atoms with Gasteiger partial charge in [-0.2, -0.15) is 0 Å². The molecule has 1 atom stereocenters. The van der Waals surface area contributed by atoms with Crippen LogP contribution < -0.4 is 5.32 Å². The second kappa shape index (κ2) is 5.44. The SMILES string of the molecule is COCC(=O)N[C@@H](C)Cc1ccco1. The molecule has 1 amide bonds. The van der Waals surface area contributed by atoms with Gasteiger partial charge in [0.1, 0.15) is 12.4 Å². The summed E-state index contributed by atoms with van der Waals surface area (Å²) < 4.78 is 9.87. The van der Waals surface area contributed by atoms with Gasteiger partial charge in [0.25, 0.3) is 0 Å². The number of carbonyl (C=O) groups is 1. The van der Waals surface area contributed by atoms with Crippen LogP contribution in [0.25, 0.3) is 0 Å². The van der Waals surface area contributed by atoms with E-state index in [9.17, 15) is 4.79 Å². The standard InChI is InChI=1S/C10H15NO3/c1-8(11-10(12)7-13-2)6-9-4-3-5-14-9/h3-5,8H,6-7H2,1-2H3,(H,11,12)/t8-/m0/s1. The average Bonchev–Trinajstić information content (AvgIpc) is 2.56. The Morgan fingerprint density at radius 1 is 1.71 bits per heavy atom. The molecule has 0 saturated heterocycles. The molecule has 1 N–H and O–H groups in total. The Morgan fingerprint density at radius 3 is 3.07 bits per heavy atom. The Bertz CT molecular complexity index is 269. The van der Waals surface area contributed by atoms with Gasteiger partial charge in [0.2, 0.25) is 5.91 Å². The molecule has 0 unspecified atom stereocenters. The normalized spacial score (nSPS) is 12.4. The summed E-state index contributed by atoms with van der Waals surface area (Å²) in [6.45, 7) is 2.03. The third-order valence-corrected chi connectivity index (χ3v) is 1.77. The van der Waals surface area contributed by atoms with Gasteiger partial charge in [-0.1, -0.05) is 0 Å². The molecule has 14 heavy (non-hydrogen) atoms. The van der Waals surface area contributed by atoms with Crippen molar-refractivity contribution in [1.82, 2.24) is 5.32 Å². The quantitative estimate of drug-likeness (QED) is 0.765. The van der Waals surface area contributed by atoms with E-state index in [2.05, 4.69) is 5.32 Å². The first kappa shape index (κ1) is 10.8. The molecule has 0 fully saturated rings. The number of amides is 1. The molecule has 1 rings (SSSR count). The van der Waals surface area contributed by atoms with Gasteiger partial charge in [0.05, 0.1) is 6.26 Å². The molecule has 0 aliphatic rings. The van der Waals surface area contributed by atoms with Gasteiger partial charge in [-0.25, -0.2) is 0 Å². The minimum atomic E-state index is -0.105. The largest absolute Gasteiger partial charge is 0.469 e. The fraction of sp³-hybridized carbons (Fsp3) is 0.500. The minimum absolute atomic E-state index is 0.0591. The van der Waals surface area contributed by atoms with Crippen LogP contribution in [-0.4, -0.2) is 25.7 Å². The van der Waals surface area contributed by atoms with E-state index in [0.29, 0.717) is 6.42 Å². The van der Waals surface area contributed by atoms with Crippen molar-refractivity contribution in [1.29, 1.82) is 0 Å². The zero-order valence-electron chi connectivity index (χ0n) is 8.45. The lowest BCUT2D eigenvalue weighted by Crippen LogP contribution is -2.36. The van der Waals surface area contributed by atoms with Gasteiger partial charge < -0.3 is 14.5 Å². The van der Waals surface area contributed by atoms with E-state index in [1.807, 2.05) is 19.1 Å². The van der Waals surface area contributed by atoms with Crippen molar-refractivity contribution in [3.05, 3.63) is 24.2 Å². The van der Waals surface area contributed by atoms with Crippen LogP contribution in [0.4, 0.5) is 0 Å². The Balaban J connectivity index is 2.29. The molecule has 4 heteroatoms. The maximum atomic E-state index is 11.1. The van der Waals surface area contributed by atoms with Crippen molar-refractivity contribution in [3.8, 4) is 0 Å². The molecule has 0 radical (unpaired) electrons. The van der Waals surface area contributed by atoms with Crippen LogP contribution in [0.3, 0.4) is 0 Å². The molecule has 0 aromatic carbocycles. The molecule has 0 spiro atoms. The summed E-state index contributed by atoms with van der Waals surface area (Å²) in [6.07, 6.45) is 2.32. The Labute approximate surface area is 83.2 Å². The van der Waals surface area contributed by atoms with Crippen LogP contribution in [0.5, 0.6) is 0 Å². The highest BCUT2D eigenvalue weighted by Crippen LogP contribution is 2.03. The number of ether oxygens (including phenoxy) is 1. The van der Waals surface area contributed by atoms with Crippen molar-refractivity contribution in [2.75, 3.05) is 13.7 Å². The smallest absolute Gasteiger partial charge is 0.246 e. The zero-order chi connectivity index (χ0) is 10.4. The summed E-state index contributed by atoms with van der Waals surface area (Å²) >= 11 is 0. The lowest BCUT2D eigenvalue weighted by molar-refractivity contribution is -0.125. The number of rotatable bonds is 5. The van der Waals surface area contributed by atoms with E-state index in [4.69, 9.17) is 9.15 Å². The second-order valence-electron chi connectivity index (χ2n) is 3.19. The summed E-state index contributed by atoms with van der Waals surface area (Å²) in [5.74, 6) is 0.766. The molecule has 4 nitrogen and oxygen atoms in total. The van der Waals surface area contributed by atoms with E-state index in [-0.39, 0.29) is 18.6 Å². The maximum absolute atomic E-state index is 11.1. The Hall–Kier alpha value is -1.29. The van der Waals surface area contributed by atoms with Crippen LogP contribution in [0.1, 0.15) is 12.7 Å². The molecular formula is C10H15NO3. The lowest BCUT2D eigenvalue weighted by Gasteiger charge is -2.11. The molecule has 1 heterocycles. The fourth-order valence-corrected chi connectivity index (χ4v) is 1.23. The number of methoxy groups -OCH3 is 1. The van der Waals surface area contributed by atoms with Gasteiger partial charge >= 0.3 is 0 Å². The summed E-state index contributed by atoms with van der Waals surface area (Å²) in [5, 5.41) is 2.80. The molecule has 0 aliphatic carbocycles. The highest BCUT2D eigenvalue weighted by Gasteiger charge is 2.08. The van der Waals surface area contributed by atoms with E-state index in [1.165, 1.54) is 7.11 Å². The average molecular weight is 197 g/mol. The first-order chi connectivity index (χ1) is 6.72. The Morgan fingerprint density at radius 2 is 2.50 bits per heavy atom. The molecule has 0 aliphatic heterocycles. The summed E-state index contributed by atoms with van der Waals surface area (Å²) in [4.78, 5) is 11.1. The van der Waals surface area contributed by atoms with Crippen molar-refractivity contribution < 1.29 is 13.9 Å². The van der Waals surface area contributed by atoms with Gasteiger partial charge in [0.15, 0.2) is 0 Å². The van der Waals surface area contributed by atoms with Crippen molar-refractivity contribution in [2.45, 2.75) is 19.4 Å². The van der Waals surface area contributed by atoms with Crippen LogP contribution in [0.15, 0.2) is 22.8 Å². The summed E-state index contributed by atoms with van der Waals surface area (Å²) in [5.41, 5.74) is 0. The zero-order valence-corrected chi connectivity index (χ0v) is 8.45. The van der Waals surface area contributed by atoms with Crippen molar-refractivity contribution in [2.24, 2.45) is 0 Å². The molecule has 78 valence electrons. The third-order valence-electron chi connectivity index (χ3n) is 1.77. The predicted molar refractivity (Wildman–Crippen MR) is 51.9 cm³/mol. The molecule has 1 aromatic heterocycles. The first-order valence-electron chi connectivity index (χ1n) is 4.53. The first-order valence-corrected chi connectivity index (χ1v) is 4.53. The summed E-state index contributed by atoms with van der Waals surface area (Å²) in [7, 11) is 1.50.